The molecule has 1 aromatic carbocycles. The molecular weight excluding hydrogens is 332 g/mol. The second-order valence-electron chi connectivity index (χ2n) is 4.47. The highest BCUT2D eigenvalue weighted by Crippen LogP contribution is 2.12. The van der Waals surface area contributed by atoms with Crippen molar-refractivity contribution in [2.24, 2.45) is 0 Å². The predicted molar refractivity (Wildman–Crippen MR) is 81.3 cm³/mol. The van der Waals surface area contributed by atoms with Crippen LogP contribution in [-0.4, -0.2) is 25.8 Å². The van der Waals surface area contributed by atoms with Gasteiger partial charge in [0, 0.05) is 23.3 Å². The SMILES string of the molecule is O=C(Cc1cncc(Br)c1)c1cnn(-c2ccccc2)n1. The van der Waals surface area contributed by atoms with Gasteiger partial charge >= 0.3 is 0 Å². The maximum atomic E-state index is 12.2. The molecule has 104 valence electrons. The Labute approximate surface area is 129 Å². The lowest BCUT2D eigenvalue weighted by Gasteiger charge is -1.99. The maximum absolute atomic E-state index is 12.2. The lowest BCUT2D eigenvalue weighted by molar-refractivity contribution is 0.0987. The highest BCUT2D eigenvalue weighted by molar-refractivity contribution is 9.10. The van der Waals surface area contributed by atoms with E-state index >= 15 is 0 Å². The van der Waals surface area contributed by atoms with Crippen LogP contribution in [0.5, 0.6) is 0 Å². The Hall–Kier alpha value is -2.34. The van der Waals surface area contributed by atoms with Gasteiger partial charge in [0.1, 0.15) is 5.69 Å². The van der Waals surface area contributed by atoms with Crippen molar-refractivity contribution >= 4 is 21.7 Å². The molecule has 0 aliphatic rings. The maximum Gasteiger partial charge on any atom is 0.189 e. The Kier molecular flexibility index (Phi) is 3.87. The van der Waals surface area contributed by atoms with Crippen LogP contribution in [0.15, 0.2) is 59.5 Å². The van der Waals surface area contributed by atoms with Crippen LogP contribution in [0, 0.1) is 0 Å². The fourth-order valence-corrected chi connectivity index (χ4v) is 2.32. The zero-order chi connectivity index (χ0) is 14.7. The Morgan fingerprint density at radius 3 is 2.71 bits per heavy atom. The van der Waals surface area contributed by atoms with Crippen LogP contribution >= 0.6 is 15.9 Å². The zero-order valence-electron chi connectivity index (χ0n) is 11.0. The van der Waals surface area contributed by atoms with E-state index in [1.54, 1.807) is 12.4 Å². The Bertz CT molecular complexity index is 770. The van der Waals surface area contributed by atoms with Crippen molar-refractivity contribution in [1.29, 1.82) is 0 Å². The van der Waals surface area contributed by atoms with Gasteiger partial charge in [0.05, 0.1) is 11.9 Å². The first kappa shape index (κ1) is 13.6. The number of rotatable bonds is 4. The summed E-state index contributed by atoms with van der Waals surface area (Å²) < 4.78 is 0.848. The molecule has 21 heavy (non-hydrogen) atoms. The number of carbonyl (C=O) groups is 1. The summed E-state index contributed by atoms with van der Waals surface area (Å²) in [6.07, 6.45) is 5.09. The fraction of sp³-hybridized carbons (Fsp3) is 0.0667. The van der Waals surface area contributed by atoms with Crippen LogP contribution in [0.4, 0.5) is 0 Å². The highest BCUT2D eigenvalue weighted by atomic mass is 79.9. The Morgan fingerprint density at radius 1 is 1.14 bits per heavy atom. The number of hydrogen-bond donors (Lipinski definition) is 0. The van der Waals surface area contributed by atoms with Gasteiger partial charge in [0.2, 0.25) is 0 Å². The molecular formula is C15H11BrN4O. The van der Waals surface area contributed by atoms with Crippen LogP contribution in [0.25, 0.3) is 5.69 Å². The first-order chi connectivity index (χ1) is 10.2. The summed E-state index contributed by atoms with van der Waals surface area (Å²) in [5.74, 6) is -0.0860. The van der Waals surface area contributed by atoms with E-state index in [2.05, 4.69) is 31.1 Å². The predicted octanol–water partition coefficient (Wildman–Crippen LogP) is 2.85. The minimum Gasteiger partial charge on any atom is -0.292 e. The van der Waals surface area contributed by atoms with E-state index in [0.717, 1.165) is 15.7 Å². The van der Waals surface area contributed by atoms with Crippen molar-refractivity contribution in [3.8, 4) is 5.69 Å². The minimum absolute atomic E-state index is 0.0860. The molecule has 0 saturated carbocycles. The first-order valence-corrected chi connectivity index (χ1v) is 7.12. The van der Waals surface area contributed by atoms with Gasteiger partial charge in [-0.2, -0.15) is 9.90 Å². The fourth-order valence-electron chi connectivity index (χ4n) is 1.91. The van der Waals surface area contributed by atoms with E-state index < -0.39 is 0 Å². The average molecular weight is 343 g/mol. The van der Waals surface area contributed by atoms with Gasteiger partial charge in [0.15, 0.2) is 5.78 Å². The summed E-state index contributed by atoms with van der Waals surface area (Å²) in [6, 6.07) is 11.3. The smallest absolute Gasteiger partial charge is 0.189 e. The van der Waals surface area contributed by atoms with Crippen molar-refractivity contribution in [3.63, 3.8) is 0 Å². The molecule has 5 nitrogen and oxygen atoms in total. The molecule has 0 fully saturated rings. The number of halogens is 1. The Morgan fingerprint density at radius 2 is 1.95 bits per heavy atom. The molecule has 0 saturated heterocycles. The molecule has 0 amide bonds. The summed E-state index contributed by atoms with van der Waals surface area (Å²) in [7, 11) is 0. The molecule has 0 atom stereocenters. The zero-order valence-corrected chi connectivity index (χ0v) is 12.6. The third kappa shape index (κ3) is 3.22. The van der Waals surface area contributed by atoms with Gasteiger partial charge in [-0.3, -0.25) is 9.78 Å². The number of benzene rings is 1. The van der Waals surface area contributed by atoms with E-state index in [4.69, 9.17) is 0 Å². The van der Waals surface area contributed by atoms with Gasteiger partial charge < -0.3 is 0 Å². The topological polar surface area (TPSA) is 60.7 Å². The first-order valence-electron chi connectivity index (χ1n) is 6.33. The third-order valence-electron chi connectivity index (χ3n) is 2.89. The van der Waals surface area contributed by atoms with E-state index in [1.165, 1.54) is 11.0 Å². The number of Topliss-reactive ketones (excluding diaryl/α,β-unsaturated/α-hetero) is 1. The molecule has 0 unspecified atom stereocenters. The summed E-state index contributed by atoms with van der Waals surface area (Å²) in [6.45, 7) is 0. The van der Waals surface area contributed by atoms with E-state index in [1.807, 2.05) is 36.4 Å². The normalized spacial score (nSPS) is 10.5. The summed E-state index contributed by atoms with van der Waals surface area (Å²) in [4.78, 5) is 17.7. The lowest BCUT2D eigenvalue weighted by atomic mass is 10.1. The van der Waals surface area contributed by atoms with Crippen LogP contribution in [0.2, 0.25) is 0 Å². The molecule has 0 aliphatic carbocycles. The summed E-state index contributed by atoms with van der Waals surface area (Å²) in [5, 5.41) is 8.35. The van der Waals surface area contributed by atoms with Gasteiger partial charge in [-0.05, 0) is 39.7 Å². The molecule has 3 rings (SSSR count). The number of pyridine rings is 1. The molecule has 0 bridgehead atoms. The van der Waals surface area contributed by atoms with Crippen molar-refractivity contribution in [2.45, 2.75) is 6.42 Å². The van der Waals surface area contributed by atoms with Crippen LogP contribution in [0.1, 0.15) is 16.1 Å². The van der Waals surface area contributed by atoms with E-state index in [-0.39, 0.29) is 12.2 Å². The summed E-state index contributed by atoms with van der Waals surface area (Å²) >= 11 is 3.34. The number of nitrogens with zero attached hydrogens (tertiary/aromatic N) is 4. The van der Waals surface area contributed by atoms with Crippen molar-refractivity contribution in [3.05, 3.63) is 70.7 Å². The quantitative estimate of drug-likeness (QED) is 0.684. The van der Waals surface area contributed by atoms with Crippen LogP contribution in [-0.2, 0) is 6.42 Å². The second-order valence-corrected chi connectivity index (χ2v) is 5.38. The number of hydrogen-bond acceptors (Lipinski definition) is 4. The van der Waals surface area contributed by atoms with Gasteiger partial charge in [-0.15, -0.1) is 5.10 Å². The second kappa shape index (κ2) is 5.97. The highest BCUT2D eigenvalue weighted by Gasteiger charge is 2.12. The minimum atomic E-state index is -0.0860. The van der Waals surface area contributed by atoms with Crippen LogP contribution < -0.4 is 0 Å². The van der Waals surface area contributed by atoms with Crippen molar-refractivity contribution < 1.29 is 4.79 Å². The summed E-state index contributed by atoms with van der Waals surface area (Å²) in [5.41, 5.74) is 2.00. The molecule has 2 aromatic heterocycles. The third-order valence-corrected chi connectivity index (χ3v) is 3.32. The molecule has 6 heteroatoms. The lowest BCUT2D eigenvalue weighted by Crippen LogP contribution is -2.06. The number of carbonyl (C=O) groups excluding carboxylic acids is 1. The molecule has 2 heterocycles. The average Bonchev–Trinajstić information content (AvgIpc) is 2.98. The van der Waals surface area contributed by atoms with Crippen molar-refractivity contribution in [2.75, 3.05) is 0 Å². The number of aromatic nitrogens is 4. The molecule has 0 aliphatic heterocycles. The Balaban J connectivity index is 1.78. The monoisotopic (exact) mass is 342 g/mol. The molecule has 0 spiro atoms. The largest absolute Gasteiger partial charge is 0.292 e. The molecule has 3 aromatic rings. The number of para-hydroxylation sites is 1. The van der Waals surface area contributed by atoms with E-state index in [9.17, 15) is 4.79 Å². The number of ketones is 1. The van der Waals surface area contributed by atoms with Gasteiger partial charge in [-0.1, -0.05) is 18.2 Å². The molecule has 0 N–H and O–H groups in total. The van der Waals surface area contributed by atoms with Gasteiger partial charge in [0.25, 0.3) is 0 Å². The van der Waals surface area contributed by atoms with E-state index in [0.29, 0.717) is 5.69 Å². The standard InChI is InChI=1S/C15H11BrN4O/c16-12-6-11(8-17-9-12)7-15(21)14-10-18-20(19-14)13-4-2-1-3-5-13/h1-6,8-10H,7H2. The molecule has 0 radical (unpaired) electrons. The van der Waals surface area contributed by atoms with Gasteiger partial charge in [-0.25, -0.2) is 0 Å². The van der Waals surface area contributed by atoms with Crippen LogP contribution in [0.3, 0.4) is 0 Å². The van der Waals surface area contributed by atoms with Crippen molar-refractivity contribution in [1.82, 2.24) is 20.0 Å².